The summed E-state index contributed by atoms with van der Waals surface area (Å²) in [4.78, 5) is 11.9. The van der Waals surface area contributed by atoms with Crippen molar-refractivity contribution in [3.05, 3.63) is 5.01 Å². The van der Waals surface area contributed by atoms with Crippen LogP contribution in [-0.2, 0) is 0 Å². The van der Waals surface area contributed by atoms with Gasteiger partial charge in [-0.15, -0.1) is 10.2 Å². The zero-order valence-electron chi connectivity index (χ0n) is 5.74. The molecule has 1 rings (SSSR count). The summed E-state index contributed by atoms with van der Waals surface area (Å²) in [7, 11) is 3.71. The maximum Gasteiger partial charge on any atom is 0.208 e. The highest BCUT2D eigenvalue weighted by atomic mass is 32.1. The lowest BCUT2D eigenvalue weighted by molar-refractivity contribution is 0.112. The number of carbonyl (C=O) groups is 1. The molecule has 0 N–H and O–H groups in total. The first-order valence-corrected chi connectivity index (χ1v) is 3.51. The average molecular weight is 157 g/mol. The lowest BCUT2D eigenvalue weighted by atomic mass is 10.8. The van der Waals surface area contributed by atoms with E-state index in [4.69, 9.17) is 0 Å². The number of anilines is 1. The highest BCUT2D eigenvalue weighted by molar-refractivity contribution is 7.16. The number of carbonyl (C=O) groups excluding carboxylic acids is 1. The molecule has 0 saturated carbocycles. The Morgan fingerprint density at radius 3 is 2.50 bits per heavy atom. The predicted molar refractivity (Wildman–Crippen MR) is 39.6 cm³/mol. The molecule has 0 spiro atoms. The van der Waals surface area contributed by atoms with Crippen LogP contribution < -0.4 is 4.90 Å². The lowest BCUT2D eigenvalue weighted by Crippen LogP contribution is -2.07. The van der Waals surface area contributed by atoms with Crippen LogP contribution in [0, 0.1) is 0 Å². The third-order valence-electron chi connectivity index (χ3n) is 0.913. The van der Waals surface area contributed by atoms with E-state index in [1.165, 1.54) is 11.3 Å². The van der Waals surface area contributed by atoms with Crippen LogP contribution in [0.2, 0.25) is 0 Å². The van der Waals surface area contributed by atoms with Crippen molar-refractivity contribution in [2.75, 3.05) is 19.0 Å². The van der Waals surface area contributed by atoms with Crippen LogP contribution in [0.4, 0.5) is 5.13 Å². The molecule has 0 radical (unpaired) electrons. The van der Waals surface area contributed by atoms with E-state index in [0.717, 1.165) is 5.13 Å². The van der Waals surface area contributed by atoms with Gasteiger partial charge in [-0.1, -0.05) is 11.3 Å². The quantitative estimate of drug-likeness (QED) is 0.583. The summed E-state index contributed by atoms with van der Waals surface area (Å²) >= 11 is 1.28. The van der Waals surface area contributed by atoms with Gasteiger partial charge >= 0.3 is 0 Å². The number of hydrogen-bond acceptors (Lipinski definition) is 5. The van der Waals surface area contributed by atoms with Crippen molar-refractivity contribution < 1.29 is 4.79 Å². The maximum atomic E-state index is 10.1. The maximum absolute atomic E-state index is 10.1. The van der Waals surface area contributed by atoms with Crippen LogP contribution >= 0.6 is 11.3 Å². The number of nitrogens with zero attached hydrogens (tertiary/aromatic N) is 3. The minimum Gasteiger partial charge on any atom is -0.353 e. The minimum absolute atomic E-state index is 0.420. The van der Waals surface area contributed by atoms with E-state index in [1.54, 1.807) is 0 Å². The first-order chi connectivity index (χ1) is 4.74. The fourth-order valence-corrected chi connectivity index (χ4v) is 1.04. The molecule has 0 aliphatic carbocycles. The van der Waals surface area contributed by atoms with E-state index in [1.807, 2.05) is 19.0 Å². The van der Waals surface area contributed by atoms with E-state index < -0.39 is 0 Å². The number of aromatic nitrogens is 2. The third kappa shape index (κ3) is 1.30. The second-order valence-electron chi connectivity index (χ2n) is 1.94. The zero-order valence-corrected chi connectivity index (χ0v) is 6.55. The Morgan fingerprint density at radius 1 is 1.50 bits per heavy atom. The van der Waals surface area contributed by atoms with E-state index >= 15 is 0 Å². The molecule has 0 aromatic carbocycles. The normalized spacial score (nSPS) is 9.40. The summed E-state index contributed by atoms with van der Waals surface area (Å²) in [6.45, 7) is 0. The van der Waals surface area contributed by atoms with Crippen LogP contribution in [-0.4, -0.2) is 30.6 Å². The smallest absolute Gasteiger partial charge is 0.208 e. The Balaban J connectivity index is 2.88. The summed E-state index contributed by atoms with van der Waals surface area (Å²) in [6.07, 6.45) is 0.699. The molecule has 0 amide bonds. The summed E-state index contributed by atoms with van der Waals surface area (Å²) in [5.74, 6) is 0. The van der Waals surface area contributed by atoms with Crippen molar-refractivity contribution in [1.82, 2.24) is 10.2 Å². The SMILES string of the molecule is CN(C)c1nnc(C=O)s1. The molecule has 0 atom stereocenters. The molecule has 1 aromatic heterocycles. The van der Waals surface area contributed by atoms with Gasteiger partial charge in [0, 0.05) is 14.1 Å². The average Bonchev–Trinajstić information content (AvgIpc) is 2.34. The molecular weight excluding hydrogens is 150 g/mol. The highest BCUT2D eigenvalue weighted by Crippen LogP contribution is 2.15. The Bertz CT molecular complexity index is 233. The van der Waals surface area contributed by atoms with Crippen LogP contribution in [0.25, 0.3) is 0 Å². The van der Waals surface area contributed by atoms with Crippen LogP contribution in [0.5, 0.6) is 0 Å². The molecule has 10 heavy (non-hydrogen) atoms. The van der Waals surface area contributed by atoms with Gasteiger partial charge in [0.2, 0.25) is 5.13 Å². The number of rotatable bonds is 2. The summed E-state index contributed by atoms with van der Waals surface area (Å²) in [5, 5.41) is 8.54. The second-order valence-corrected chi connectivity index (χ2v) is 2.92. The molecule has 0 fully saturated rings. The van der Waals surface area contributed by atoms with Crippen LogP contribution in [0.1, 0.15) is 9.80 Å². The molecule has 1 heterocycles. The van der Waals surface area contributed by atoms with Gasteiger partial charge in [0.25, 0.3) is 0 Å². The van der Waals surface area contributed by atoms with E-state index in [2.05, 4.69) is 10.2 Å². The third-order valence-corrected chi connectivity index (χ3v) is 1.93. The molecule has 0 aliphatic heterocycles. The molecule has 0 saturated heterocycles. The van der Waals surface area contributed by atoms with Gasteiger partial charge in [0.1, 0.15) is 0 Å². The molecule has 5 heteroatoms. The summed E-state index contributed by atoms with van der Waals surface area (Å²) in [5.41, 5.74) is 0. The molecule has 54 valence electrons. The van der Waals surface area contributed by atoms with Gasteiger partial charge in [0.15, 0.2) is 11.3 Å². The van der Waals surface area contributed by atoms with Crippen molar-refractivity contribution >= 4 is 22.8 Å². The van der Waals surface area contributed by atoms with Crippen molar-refractivity contribution in [1.29, 1.82) is 0 Å². The van der Waals surface area contributed by atoms with Gasteiger partial charge in [-0.2, -0.15) is 0 Å². The lowest BCUT2D eigenvalue weighted by Gasteiger charge is -2.03. The van der Waals surface area contributed by atoms with E-state index in [-0.39, 0.29) is 0 Å². The molecule has 0 unspecified atom stereocenters. The van der Waals surface area contributed by atoms with E-state index in [0.29, 0.717) is 11.3 Å². The van der Waals surface area contributed by atoms with Crippen molar-refractivity contribution in [3.8, 4) is 0 Å². The van der Waals surface area contributed by atoms with Crippen LogP contribution in [0.3, 0.4) is 0 Å². The highest BCUT2D eigenvalue weighted by Gasteiger charge is 2.02. The Morgan fingerprint density at radius 2 is 2.20 bits per heavy atom. The fourth-order valence-electron chi connectivity index (χ4n) is 0.455. The Hall–Kier alpha value is -0.970. The Kier molecular flexibility index (Phi) is 1.96. The van der Waals surface area contributed by atoms with Crippen molar-refractivity contribution in [2.24, 2.45) is 0 Å². The summed E-state index contributed by atoms with van der Waals surface area (Å²) in [6, 6.07) is 0. The summed E-state index contributed by atoms with van der Waals surface area (Å²) < 4.78 is 0. The molecule has 0 bridgehead atoms. The minimum atomic E-state index is 0.420. The Labute approximate surface area is 62.5 Å². The van der Waals surface area contributed by atoms with Gasteiger partial charge in [-0.3, -0.25) is 4.79 Å². The van der Waals surface area contributed by atoms with Gasteiger partial charge in [-0.25, -0.2) is 0 Å². The fraction of sp³-hybridized carbons (Fsp3) is 0.400. The molecule has 4 nitrogen and oxygen atoms in total. The largest absolute Gasteiger partial charge is 0.353 e. The topological polar surface area (TPSA) is 46.1 Å². The van der Waals surface area contributed by atoms with Gasteiger partial charge < -0.3 is 4.90 Å². The molecule has 1 aromatic rings. The van der Waals surface area contributed by atoms with Gasteiger partial charge in [0.05, 0.1) is 0 Å². The van der Waals surface area contributed by atoms with Crippen molar-refractivity contribution in [3.63, 3.8) is 0 Å². The first-order valence-electron chi connectivity index (χ1n) is 2.70. The predicted octanol–water partition coefficient (Wildman–Crippen LogP) is 0.417. The van der Waals surface area contributed by atoms with E-state index in [9.17, 15) is 4.79 Å². The van der Waals surface area contributed by atoms with Crippen molar-refractivity contribution in [2.45, 2.75) is 0 Å². The second kappa shape index (κ2) is 2.74. The number of aldehydes is 1. The monoisotopic (exact) mass is 157 g/mol. The standard InChI is InChI=1S/C5H7N3OS/c1-8(2)5-7-6-4(3-9)10-5/h3H,1-2H3. The van der Waals surface area contributed by atoms with Gasteiger partial charge in [-0.05, 0) is 0 Å². The molecule has 0 aliphatic rings. The van der Waals surface area contributed by atoms with Crippen LogP contribution in [0.15, 0.2) is 0 Å². The molecular formula is C5H7N3OS. The first kappa shape index (κ1) is 7.14. The zero-order chi connectivity index (χ0) is 7.56. The number of hydrogen-bond donors (Lipinski definition) is 0.